The van der Waals surface area contributed by atoms with Crippen LogP contribution in [0.2, 0.25) is 5.15 Å². The summed E-state index contributed by atoms with van der Waals surface area (Å²) in [4.78, 5) is 16.3. The highest BCUT2D eigenvalue weighted by Gasteiger charge is 2.31. The summed E-state index contributed by atoms with van der Waals surface area (Å²) in [6.45, 7) is 1.40. The first-order valence-electron chi connectivity index (χ1n) is 7.53. The minimum atomic E-state index is -4.64. The highest BCUT2D eigenvalue weighted by molar-refractivity contribution is 7.91. The lowest BCUT2D eigenvalue weighted by Crippen LogP contribution is -2.25. The Labute approximate surface area is 156 Å². The number of fused-ring (bicyclic) bond motifs is 1. The van der Waals surface area contributed by atoms with Gasteiger partial charge in [0.2, 0.25) is 0 Å². The lowest BCUT2D eigenvalue weighted by molar-refractivity contribution is -0.137. The van der Waals surface area contributed by atoms with Crippen molar-refractivity contribution >= 4 is 32.2 Å². The largest absolute Gasteiger partial charge is 0.416 e. The van der Waals surface area contributed by atoms with Crippen LogP contribution >= 0.6 is 11.6 Å². The van der Waals surface area contributed by atoms with Crippen molar-refractivity contribution in [2.24, 2.45) is 0 Å². The molecule has 0 bridgehead atoms. The first-order chi connectivity index (χ1) is 12.5. The van der Waals surface area contributed by atoms with E-state index in [0.717, 1.165) is 18.3 Å². The Morgan fingerprint density at radius 2 is 1.89 bits per heavy atom. The van der Waals surface area contributed by atoms with Gasteiger partial charge >= 0.3 is 6.18 Å². The first kappa shape index (κ1) is 19.3. The quantitative estimate of drug-likeness (QED) is 0.611. The zero-order valence-electron chi connectivity index (χ0n) is 13.7. The number of hydrogen-bond donors (Lipinski definition) is 0. The molecule has 0 aliphatic carbocycles. The number of benzene rings is 1. The first-order valence-corrected chi connectivity index (χ1v) is 9.56. The van der Waals surface area contributed by atoms with Gasteiger partial charge in [0, 0.05) is 5.39 Å². The van der Waals surface area contributed by atoms with Crippen LogP contribution in [0.4, 0.5) is 13.2 Å². The summed E-state index contributed by atoms with van der Waals surface area (Å²) in [6, 6.07) is 5.05. The van der Waals surface area contributed by atoms with E-state index in [9.17, 15) is 26.4 Å². The fourth-order valence-corrected chi connectivity index (χ4v) is 3.57. The van der Waals surface area contributed by atoms with Crippen LogP contribution in [0.5, 0.6) is 0 Å². The Morgan fingerprint density at radius 3 is 2.52 bits per heavy atom. The number of halogens is 4. The second kappa shape index (κ2) is 6.61. The van der Waals surface area contributed by atoms with Crippen molar-refractivity contribution < 1.29 is 21.6 Å². The number of pyridine rings is 1. The zero-order chi connectivity index (χ0) is 20.0. The molecule has 27 heavy (non-hydrogen) atoms. The monoisotopic (exact) mass is 417 g/mol. The van der Waals surface area contributed by atoms with E-state index in [-0.39, 0.29) is 32.4 Å². The molecule has 0 saturated carbocycles. The molecule has 3 aromatic rings. The third-order valence-electron chi connectivity index (χ3n) is 3.84. The van der Waals surface area contributed by atoms with Crippen molar-refractivity contribution in [3.8, 4) is 5.82 Å². The molecule has 0 radical (unpaired) electrons. The van der Waals surface area contributed by atoms with Gasteiger partial charge in [-0.25, -0.2) is 13.4 Å². The van der Waals surface area contributed by atoms with Crippen LogP contribution in [0, 0.1) is 0 Å². The number of rotatable bonds is 3. The van der Waals surface area contributed by atoms with Crippen LogP contribution in [0.1, 0.15) is 12.5 Å². The molecule has 0 spiro atoms. The maximum Gasteiger partial charge on any atom is 0.416 e. The topological polar surface area (TPSA) is 81.9 Å². The van der Waals surface area contributed by atoms with Gasteiger partial charge in [-0.3, -0.25) is 4.79 Å². The number of alkyl halides is 3. The molecule has 2 heterocycles. The van der Waals surface area contributed by atoms with Crippen molar-refractivity contribution in [2.75, 3.05) is 5.75 Å². The molecular weight excluding hydrogens is 407 g/mol. The summed E-state index contributed by atoms with van der Waals surface area (Å²) in [5.74, 6) is -0.641. The van der Waals surface area contributed by atoms with Crippen LogP contribution in [0.25, 0.3) is 16.6 Å². The number of hydrogen-bond acceptors (Lipinski definition) is 5. The molecular formula is C16H11ClF3N3O3S. The Kier molecular flexibility index (Phi) is 4.73. The van der Waals surface area contributed by atoms with Gasteiger partial charge in [0.05, 0.1) is 22.9 Å². The summed E-state index contributed by atoms with van der Waals surface area (Å²) in [5.41, 5.74) is -1.95. The second-order valence-corrected chi connectivity index (χ2v) is 8.15. The average molecular weight is 418 g/mol. The number of sulfone groups is 1. The summed E-state index contributed by atoms with van der Waals surface area (Å²) >= 11 is 5.82. The third kappa shape index (κ3) is 3.54. The highest BCUT2D eigenvalue weighted by atomic mass is 35.5. The van der Waals surface area contributed by atoms with Gasteiger partial charge in [-0.1, -0.05) is 24.6 Å². The average Bonchev–Trinajstić information content (AvgIpc) is 2.60. The van der Waals surface area contributed by atoms with Gasteiger partial charge in [-0.2, -0.15) is 23.0 Å². The van der Waals surface area contributed by atoms with E-state index in [1.165, 1.54) is 19.1 Å². The summed E-state index contributed by atoms with van der Waals surface area (Å²) in [6.07, 6.45) is -3.48. The van der Waals surface area contributed by atoms with Gasteiger partial charge in [0.15, 0.2) is 15.7 Å². The van der Waals surface area contributed by atoms with Gasteiger partial charge in [0.25, 0.3) is 5.56 Å². The summed E-state index contributed by atoms with van der Waals surface area (Å²) < 4.78 is 64.1. The second-order valence-electron chi connectivity index (χ2n) is 5.52. The number of nitrogens with zero attached hydrogens (tertiary/aromatic N) is 3. The van der Waals surface area contributed by atoms with Crippen molar-refractivity contribution in [1.29, 1.82) is 0 Å². The molecule has 0 saturated heterocycles. The maximum absolute atomic E-state index is 13.0. The normalized spacial score (nSPS) is 12.5. The zero-order valence-corrected chi connectivity index (χ0v) is 15.2. The van der Waals surface area contributed by atoms with Crippen molar-refractivity contribution in [3.63, 3.8) is 0 Å². The molecule has 142 valence electrons. The van der Waals surface area contributed by atoms with Gasteiger partial charge in [0.1, 0.15) is 10.0 Å². The molecule has 6 nitrogen and oxygen atoms in total. The fourth-order valence-electron chi connectivity index (χ4n) is 2.43. The molecule has 0 atom stereocenters. The predicted molar refractivity (Wildman–Crippen MR) is 92.9 cm³/mol. The Morgan fingerprint density at radius 1 is 1.19 bits per heavy atom. The molecule has 1 aromatic carbocycles. The van der Waals surface area contributed by atoms with E-state index in [1.807, 2.05) is 0 Å². The standard InChI is InChI=1S/C16H11ClF3N3O3S/c1-2-27(25,26)12-5-6-13(17)22-14(12)23-15(24)11-7-10(16(18,19)20)4-3-9(11)8-21-23/h3-8H,2H2,1H3. The van der Waals surface area contributed by atoms with Crippen LogP contribution < -0.4 is 5.56 Å². The number of aromatic nitrogens is 3. The van der Waals surface area contributed by atoms with Crippen LogP contribution in [0.3, 0.4) is 0 Å². The summed E-state index contributed by atoms with van der Waals surface area (Å²) in [5, 5.41) is 3.65. The van der Waals surface area contributed by atoms with Crippen molar-refractivity contribution in [3.05, 3.63) is 57.6 Å². The SMILES string of the molecule is CCS(=O)(=O)c1ccc(Cl)nc1-n1ncc2ccc(C(F)(F)F)cc2c1=O. The van der Waals surface area contributed by atoms with E-state index >= 15 is 0 Å². The lowest BCUT2D eigenvalue weighted by Gasteiger charge is -2.12. The van der Waals surface area contributed by atoms with E-state index in [2.05, 4.69) is 10.1 Å². The summed E-state index contributed by atoms with van der Waals surface area (Å²) in [7, 11) is -3.80. The Bertz CT molecular complexity index is 1210. The smallest absolute Gasteiger partial charge is 0.267 e. The fraction of sp³-hybridized carbons (Fsp3) is 0.188. The predicted octanol–water partition coefficient (Wildman–Crippen LogP) is 3.25. The Hall–Kier alpha value is -2.46. The molecule has 11 heteroatoms. The van der Waals surface area contributed by atoms with Crippen LogP contribution in [0.15, 0.2) is 46.2 Å². The minimum absolute atomic E-state index is 0.0992. The molecule has 0 amide bonds. The molecule has 2 aromatic heterocycles. The van der Waals surface area contributed by atoms with Crippen LogP contribution in [-0.2, 0) is 16.0 Å². The highest BCUT2D eigenvalue weighted by Crippen LogP contribution is 2.30. The van der Waals surface area contributed by atoms with Gasteiger partial charge in [-0.05, 0) is 24.3 Å². The van der Waals surface area contributed by atoms with E-state index < -0.39 is 27.1 Å². The molecule has 0 N–H and O–H groups in total. The molecule has 3 rings (SSSR count). The van der Waals surface area contributed by atoms with E-state index in [1.54, 1.807) is 0 Å². The molecule has 0 fully saturated rings. The Balaban J connectivity index is 2.35. The lowest BCUT2D eigenvalue weighted by atomic mass is 10.1. The molecule has 0 aliphatic rings. The maximum atomic E-state index is 13.0. The van der Waals surface area contributed by atoms with E-state index in [4.69, 9.17) is 11.6 Å². The van der Waals surface area contributed by atoms with Gasteiger partial charge < -0.3 is 0 Å². The minimum Gasteiger partial charge on any atom is -0.267 e. The third-order valence-corrected chi connectivity index (χ3v) is 5.80. The van der Waals surface area contributed by atoms with E-state index in [0.29, 0.717) is 10.7 Å². The molecule has 0 aliphatic heterocycles. The van der Waals surface area contributed by atoms with Crippen molar-refractivity contribution in [2.45, 2.75) is 18.0 Å². The van der Waals surface area contributed by atoms with Crippen molar-refractivity contribution in [1.82, 2.24) is 14.8 Å². The molecule has 0 unspecified atom stereocenters. The van der Waals surface area contributed by atoms with Crippen LogP contribution in [-0.4, -0.2) is 28.9 Å². The van der Waals surface area contributed by atoms with Gasteiger partial charge in [-0.15, -0.1) is 0 Å².